The fraction of sp³-hybridized carbons (Fsp3) is 0.700. The molecule has 0 radical (unpaired) electrons. The van der Waals surface area contributed by atoms with E-state index in [1.165, 1.54) is 0 Å². The van der Waals surface area contributed by atoms with Gasteiger partial charge in [0.15, 0.2) is 5.69 Å². The van der Waals surface area contributed by atoms with Gasteiger partial charge in [-0.1, -0.05) is 6.92 Å². The molecule has 0 aliphatic heterocycles. The van der Waals surface area contributed by atoms with Crippen LogP contribution in [0.2, 0.25) is 0 Å². The molecule has 0 aliphatic carbocycles. The highest BCUT2D eigenvalue weighted by Gasteiger charge is 2.18. The van der Waals surface area contributed by atoms with Gasteiger partial charge in [-0.15, -0.1) is 5.10 Å². The van der Waals surface area contributed by atoms with Crippen molar-refractivity contribution in [2.24, 2.45) is 0 Å². The third-order valence-electron chi connectivity index (χ3n) is 2.14. The van der Waals surface area contributed by atoms with Crippen LogP contribution in [-0.4, -0.2) is 40.6 Å². The Labute approximate surface area is 94.8 Å². The van der Waals surface area contributed by atoms with E-state index in [1.54, 1.807) is 6.92 Å². The van der Waals surface area contributed by atoms with Gasteiger partial charge < -0.3 is 10.1 Å². The van der Waals surface area contributed by atoms with Crippen LogP contribution in [0.1, 0.15) is 37.0 Å². The first-order valence-corrected chi connectivity index (χ1v) is 5.49. The van der Waals surface area contributed by atoms with Crippen molar-refractivity contribution >= 4 is 5.97 Å². The predicted molar refractivity (Wildman–Crippen MR) is 59.2 cm³/mol. The summed E-state index contributed by atoms with van der Waals surface area (Å²) >= 11 is 0. The van der Waals surface area contributed by atoms with Crippen LogP contribution in [0.4, 0.5) is 0 Å². The van der Waals surface area contributed by atoms with Gasteiger partial charge >= 0.3 is 5.97 Å². The lowest BCUT2D eigenvalue weighted by molar-refractivity contribution is 0.0518. The Morgan fingerprint density at radius 3 is 2.88 bits per heavy atom. The average molecular weight is 226 g/mol. The number of likely N-dealkylation sites (N-methyl/N-ethyl adjacent to an activating group) is 1. The van der Waals surface area contributed by atoms with Gasteiger partial charge in [0, 0.05) is 12.5 Å². The summed E-state index contributed by atoms with van der Waals surface area (Å²) in [7, 11) is 0. The summed E-state index contributed by atoms with van der Waals surface area (Å²) in [4.78, 5) is 11.5. The molecule has 0 saturated heterocycles. The molecule has 1 aromatic rings. The van der Waals surface area contributed by atoms with Gasteiger partial charge in [0.05, 0.1) is 12.3 Å². The van der Waals surface area contributed by atoms with E-state index in [1.807, 2.05) is 13.8 Å². The van der Waals surface area contributed by atoms with E-state index in [-0.39, 0.29) is 11.7 Å². The first-order chi connectivity index (χ1) is 7.69. The van der Waals surface area contributed by atoms with Crippen LogP contribution in [0.5, 0.6) is 0 Å². The Balaban J connectivity index is 2.66. The molecule has 0 aliphatic rings. The molecule has 1 unspecified atom stereocenters. The minimum atomic E-state index is -0.421. The lowest BCUT2D eigenvalue weighted by atomic mass is 10.1. The lowest BCUT2D eigenvalue weighted by Gasteiger charge is -2.10. The molecular formula is C10H18N4O2. The van der Waals surface area contributed by atoms with Crippen LogP contribution in [0.3, 0.4) is 0 Å². The number of H-pyrrole nitrogens is 1. The minimum absolute atomic E-state index is 0.253. The summed E-state index contributed by atoms with van der Waals surface area (Å²) in [5, 5.41) is 13.5. The first kappa shape index (κ1) is 12.6. The quantitative estimate of drug-likeness (QED) is 0.691. The Bertz CT molecular complexity index is 337. The van der Waals surface area contributed by atoms with E-state index in [0.29, 0.717) is 18.7 Å². The van der Waals surface area contributed by atoms with Crippen molar-refractivity contribution in [1.29, 1.82) is 0 Å². The molecule has 0 saturated carbocycles. The lowest BCUT2D eigenvalue weighted by Crippen LogP contribution is -2.28. The van der Waals surface area contributed by atoms with E-state index in [9.17, 15) is 4.79 Å². The standard InChI is InChI=1S/C10H18N4O2/c1-4-11-7(3)6-8-9(13-14-12-8)10(15)16-5-2/h7,11H,4-6H2,1-3H3,(H,12,13,14). The summed E-state index contributed by atoms with van der Waals surface area (Å²) < 4.78 is 4.89. The number of nitrogens with one attached hydrogen (secondary N) is 2. The smallest absolute Gasteiger partial charge is 0.360 e. The Morgan fingerprint density at radius 2 is 2.25 bits per heavy atom. The number of carbonyl (C=O) groups is 1. The van der Waals surface area contributed by atoms with E-state index >= 15 is 0 Å². The number of hydrogen-bond acceptors (Lipinski definition) is 5. The minimum Gasteiger partial charge on any atom is -0.461 e. The number of rotatable bonds is 6. The van der Waals surface area contributed by atoms with Crippen molar-refractivity contribution in [3.8, 4) is 0 Å². The largest absolute Gasteiger partial charge is 0.461 e. The van der Waals surface area contributed by atoms with Gasteiger partial charge in [-0.25, -0.2) is 4.79 Å². The molecule has 1 heterocycles. The summed E-state index contributed by atoms with van der Waals surface area (Å²) in [6, 6.07) is 0.253. The third kappa shape index (κ3) is 3.30. The topological polar surface area (TPSA) is 79.9 Å². The number of carbonyl (C=O) groups excluding carboxylic acids is 1. The van der Waals surface area contributed by atoms with Gasteiger partial charge in [-0.2, -0.15) is 10.3 Å². The molecule has 0 amide bonds. The normalized spacial score (nSPS) is 12.4. The molecule has 16 heavy (non-hydrogen) atoms. The van der Waals surface area contributed by atoms with Gasteiger partial charge in [-0.3, -0.25) is 0 Å². The number of aromatic nitrogens is 3. The summed E-state index contributed by atoms with van der Waals surface area (Å²) in [5.74, 6) is -0.421. The molecule has 90 valence electrons. The molecule has 2 N–H and O–H groups in total. The molecule has 1 atom stereocenters. The zero-order valence-electron chi connectivity index (χ0n) is 9.91. The van der Waals surface area contributed by atoms with Crippen LogP contribution in [-0.2, 0) is 11.2 Å². The average Bonchev–Trinajstić information content (AvgIpc) is 2.66. The van der Waals surface area contributed by atoms with Crippen LogP contribution >= 0.6 is 0 Å². The van der Waals surface area contributed by atoms with E-state index < -0.39 is 5.97 Å². The monoisotopic (exact) mass is 226 g/mol. The zero-order valence-corrected chi connectivity index (χ0v) is 9.91. The van der Waals surface area contributed by atoms with Gasteiger partial charge in [0.2, 0.25) is 0 Å². The van der Waals surface area contributed by atoms with Crippen LogP contribution < -0.4 is 5.32 Å². The molecule has 6 nitrogen and oxygen atoms in total. The van der Waals surface area contributed by atoms with Crippen LogP contribution in [0.25, 0.3) is 0 Å². The molecule has 1 rings (SSSR count). The molecule has 6 heteroatoms. The van der Waals surface area contributed by atoms with Gasteiger partial charge in [-0.05, 0) is 20.4 Å². The van der Waals surface area contributed by atoms with Crippen LogP contribution in [0.15, 0.2) is 0 Å². The maximum atomic E-state index is 11.5. The molecule has 0 spiro atoms. The third-order valence-corrected chi connectivity index (χ3v) is 2.14. The Hall–Kier alpha value is -1.43. The molecule has 1 aromatic heterocycles. The second-order valence-corrected chi connectivity index (χ2v) is 3.50. The van der Waals surface area contributed by atoms with Gasteiger partial charge in [0.25, 0.3) is 0 Å². The van der Waals surface area contributed by atoms with Crippen molar-refractivity contribution in [3.63, 3.8) is 0 Å². The number of esters is 1. The first-order valence-electron chi connectivity index (χ1n) is 5.49. The zero-order chi connectivity index (χ0) is 12.0. The molecule has 0 fully saturated rings. The maximum Gasteiger partial charge on any atom is 0.360 e. The second-order valence-electron chi connectivity index (χ2n) is 3.50. The molecular weight excluding hydrogens is 208 g/mol. The Kier molecular flexibility index (Phi) is 4.91. The fourth-order valence-electron chi connectivity index (χ4n) is 1.47. The molecule has 0 bridgehead atoms. The Morgan fingerprint density at radius 1 is 1.50 bits per heavy atom. The van der Waals surface area contributed by atoms with Crippen molar-refractivity contribution in [3.05, 3.63) is 11.4 Å². The summed E-state index contributed by atoms with van der Waals surface area (Å²) in [6.07, 6.45) is 0.651. The van der Waals surface area contributed by atoms with Crippen LogP contribution in [0, 0.1) is 0 Å². The maximum absolute atomic E-state index is 11.5. The summed E-state index contributed by atoms with van der Waals surface area (Å²) in [6.45, 7) is 7.05. The number of nitrogens with zero attached hydrogens (tertiary/aromatic N) is 2. The van der Waals surface area contributed by atoms with Crippen molar-refractivity contribution < 1.29 is 9.53 Å². The van der Waals surface area contributed by atoms with Crippen molar-refractivity contribution in [2.45, 2.75) is 33.2 Å². The highest BCUT2D eigenvalue weighted by molar-refractivity contribution is 5.88. The predicted octanol–water partition coefficient (Wildman–Crippen LogP) is 0.522. The highest BCUT2D eigenvalue weighted by Crippen LogP contribution is 2.06. The van der Waals surface area contributed by atoms with Gasteiger partial charge in [0.1, 0.15) is 0 Å². The second kappa shape index (κ2) is 6.22. The van der Waals surface area contributed by atoms with E-state index in [0.717, 1.165) is 6.54 Å². The number of hydrogen-bond donors (Lipinski definition) is 2. The number of aromatic amines is 1. The van der Waals surface area contributed by atoms with Crippen molar-refractivity contribution in [1.82, 2.24) is 20.7 Å². The SMILES string of the molecule is CCNC(C)Cc1n[nH]nc1C(=O)OCC. The fourth-order valence-corrected chi connectivity index (χ4v) is 1.47. The van der Waals surface area contributed by atoms with Crippen molar-refractivity contribution in [2.75, 3.05) is 13.2 Å². The van der Waals surface area contributed by atoms with E-state index in [4.69, 9.17) is 4.74 Å². The summed E-state index contributed by atoms with van der Waals surface area (Å²) in [5.41, 5.74) is 0.929. The number of ether oxygens (including phenoxy) is 1. The highest BCUT2D eigenvalue weighted by atomic mass is 16.5. The van der Waals surface area contributed by atoms with E-state index in [2.05, 4.69) is 20.7 Å². The molecule has 0 aromatic carbocycles.